The van der Waals surface area contributed by atoms with Gasteiger partial charge >= 0.3 is 0 Å². The Morgan fingerprint density at radius 1 is 1.20 bits per heavy atom. The molecule has 2 saturated heterocycles. The standard InChI is InChI=1S/C19H26F2N2O2/c1-24-11-15-18(14-6-9-25-19(14)15)22-12-4-7-23(8-5-12)13-2-3-16(20)17(21)10-13/h2-3,10,12,14-15,18-19,22H,4-9,11H2,1H3/t14-,15+,18-,19-/m0/s1. The van der Waals surface area contributed by atoms with Gasteiger partial charge in [-0.2, -0.15) is 0 Å². The van der Waals surface area contributed by atoms with Crippen LogP contribution in [0.15, 0.2) is 18.2 Å². The van der Waals surface area contributed by atoms with E-state index in [1.807, 2.05) is 0 Å². The van der Waals surface area contributed by atoms with E-state index in [0.29, 0.717) is 30.0 Å². The van der Waals surface area contributed by atoms with E-state index in [1.54, 1.807) is 13.2 Å². The molecule has 0 spiro atoms. The van der Waals surface area contributed by atoms with Crippen molar-refractivity contribution in [2.75, 3.05) is 38.3 Å². The van der Waals surface area contributed by atoms with Crippen LogP contribution in [0.2, 0.25) is 0 Å². The van der Waals surface area contributed by atoms with E-state index in [4.69, 9.17) is 9.47 Å². The molecule has 4 nitrogen and oxygen atoms in total. The van der Waals surface area contributed by atoms with Gasteiger partial charge in [0.05, 0.1) is 12.7 Å². The zero-order valence-electron chi connectivity index (χ0n) is 14.6. The van der Waals surface area contributed by atoms with Gasteiger partial charge in [0, 0.05) is 62.5 Å². The first-order valence-electron chi connectivity index (χ1n) is 9.24. The number of halogens is 2. The summed E-state index contributed by atoms with van der Waals surface area (Å²) in [5, 5.41) is 3.83. The smallest absolute Gasteiger partial charge is 0.160 e. The molecule has 3 fully saturated rings. The third-order valence-corrected chi connectivity index (χ3v) is 6.08. The van der Waals surface area contributed by atoms with Crippen molar-refractivity contribution < 1.29 is 18.3 Å². The maximum atomic E-state index is 13.4. The van der Waals surface area contributed by atoms with E-state index < -0.39 is 11.6 Å². The number of piperidine rings is 1. The highest BCUT2D eigenvalue weighted by Crippen LogP contribution is 2.44. The minimum atomic E-state index is -0.789. The Labute approximate surface area is 147 Å². The van der Waals surface area contributed by atoms with Crippen LogP contribution in [0.4, 0.5) is 14.5 Å². The van der Waals surface area contributed by atoms with Crippen molar-refractivity contribution in [3.05, 3.63) is 29.8 Å². The summed E-state index contributed by atoms with van der Waals surface area (Å²) in [5.41, 5.74) is 0.766. The average Bonchev–Trinajstić information content (AvgIpc) is 3.05. The van der Waals surface area contributed by atoms with Gasteiger partial charge in [-0.3, -0.25) is 0 Å². The van der Waals surface area contributed by atoms with Gasteiger partial charge in [0.25, 0.3) is 0 Å². The molecular weight excluding hydrogens is 326 g/mol. The Morgan fingerprint density at radius 2 is 2.00 bits per heavy atom. The molecule has 2 aliphatic heterocycles. The molecule has 1 aromatic rings. The Morgan fingerprint density at radius 3 is 2.72 bits per heavy atom. The lowest BCUT2D eigenvalue weighted by molar-refractivity contribution is -0.0873. The molecule has 0 bridgehead atoms. The van der Waals surface area contributed by atoms with Crippen LogP contribution in [0.1, 0.15) is 19.3 Å². The molecule has 25 heavy (non-hydrogen) atoms. The summed E-state index contributed by atoms with van der Waals surface area (Å²) in [6.07, 6.45) is 3.51. The van der Waals surface area contributed by atoms with Crippen molar-refractivity contribution in [2.45, 2.75) is 37.5 Å². The molecular formula is C19H26F2N2O2. The fourth-order valence-corrected chi connectivity index (χ4v) is 4.73. The summed E-state index contributed by atoms with van der Waals surface area (Å²) in [5.74, 6) is -0.504. The van der Waals surface area contributed by atoms with Gasteiger partial charge < -0.3 is 19.7 Å². The number of hydrogen-bond acceptors (Lipinski definition) is 4. The van der Waals surface area contributed by atoms with Gasteiger partial charge in [-0.15, -0.1) is 0 Å². The summed E-state index contributed by atoms with van der Waals surface area (Å²) in [6.45, 7) is 3.32. The molecule has 1 aliphatic carbocycles. The fourth-order valence-electron chi connectivity index (χ4n) is 4.73. The molecule has 1 saturated carbocycles. The van der Waals surface area contributed by atoms with Crippen LogP contribution in [0.25, 0.3) is 0 Å². The second kappa shape index (κ2) is 7.17. The molecule has 6 heteroatoms. The Bertz CT molecular complexity index is 607. The largest absolute Gasteiger partial charge is 0.384 e. The first-order chi connectivity index (χ1) is 12.2. The van der Waals surface area contributed by atoms with Crippen LogP contribution in [-0.4, -0.2) is 51.6 Å². The van der Waals surface area contributed by atoms with E-state index in [-0.39, 0.29) is 0 Å². The Kier molecular flexibility index (Phi) is 4.93. The molecule has 4 rings (SSSR count). The zero-order valence-corrected chi connectivity index (χ0v) is 14.6. The first kappa shape index (κ1) is 17.2. The van der Waals surface area contributed by atoms with Gasteiger partial charge in [-0.1, -0.05) is 0 Å². The molecule has 0 unspecified atom stereocenters. The van der Waals surface area contributed by atoms with Crippen LogP contribution < -0.4 is 10.2 Å². The van der Waals surface area contributed by atoms with Crippen LogP contribution in [-0.2, 0) is 9.47 Å². The quantitative estimate of drug-likeness (QED) is 0.883. The van der Waals surface area contributed by atoms with Crippen molar-refractivity contribution >= 4 is 5.69 Å². The van der Waals surface area contributed by atoms with Crippen molar-refractivity contribution in [1.29, 1.82) is 0 Å². The maximum absolute atomic E-state index is 13.4. The molecule has 0 amide bonds. The lowest BCUT2D eigenvalue weighted by atomic mass is 9.66. The Hall–Kier alpha value is -1.24. The second-order valence-corrected chi connectivity index (χ2v) is 7.46. The highest BCUT2D eigenvalue weighted by molar-refractivity contribution is 5.47. The monoisotopic (exact) mass is 352 g/mol. The van der Waals surface area contributed by atoms with Crippen LogP contribution >= 0.6 is 0 Å². The number of ether oxygens (including phenoxy) is 2. The molecule has 1 aromatic carbocycles. The van der Waals surface area contributed by atoms with Gasteiger partial charge in [-0.05, 0) is 31.4 Å². The van der Waals surface area contributed by atoms with Gasteiger partial charge in [-0.25, -0.2) is 8.78 Å². The molecule has 4 atom stereocenters. The summed E-state index contributed by atoms with van der Waals surface area (Å²) in [4.78, 5) is 2.13. The van der Waals surface area contributed by atoms with E-state index >= 15 is 0 Å². The lowest BCUT2D eigenvalue weighted by Crippen LogP contribution is -2.64. The molecule has 138 valence electrons. The minimum absolute atomic E-state index is 0.361. The Balaban J connectivity index is 1.32. The minimum Gasteiger partial charge on any atom is -0.384 e. The highest BCUT2D eigenvalue weighted by Gasteiger charge is 2.54. The van der Waals surface area contributed by atoms with Gasteiger partial charge in [0.1, 0.15) is 0 Å². The average molecular weight is 352 g/mol. The number of nitrogens with one attached hydrogen (secondary N) is 1. The number of rotatable bonds is 5. The van der Waals surface area contributed by atoms with Crippen molar-refractivity contribution in [2.24, 2.45) is 11.8 Å². The van der Waals surface area contributed by atoms with Gasteiger partial charge in [0.15, 0.2) is 11.6 Å². The molecule has 0 aromatic heterocycles. The number of hydrogen-bond donors (Lipinski definition) is 1. The summed E-state index contributed by atoms with van der Waals surface area (Å²) in [6, 6.07) is 5.11. The summed E-state index contributed by atoms with van der Waals surface area (Å²) < 4.78 is 37.8. The molecule has 2 heterocycles. The van der Waals surface area contributed by atoms with E-state index in [9.17, 15) is 8.78 Å². The second-order valence-electron chi connectivity index (χ2n) is 7.46. The van der Waals surface area contributed by atoms with E-state index in [0.717, 1.165) is 51.3 Å². The summed E-state index contributed by atoms with van der Waals surface area (Å²) in [7, 11) is 1.75. The first-order valence-corrected chi connectivity index (χ1v) is 9.24. The molecule has 0 radical (unpaired) electrons. The zero-order chi connectivity index (χ0) is 17.4. The topological polar surface area (TPSA) is 33.7 Å². The predicted octanol–water partition coefficient (Wildman–Crippen LogP) is 2.57. The number of anilines is 1. The predicted molar refractivity (Wildman–Crippen MR) is 91.7 cm³/mol. The lowest BCUT2D eigenvalue weighted by Gasteiger charge is -2.50. The maximum Gasteiger partial charge on any atom is 0.160 e. The normalized spacial score (nSPS) is 32.5. The number of nitrogens with zero attached hydrogens (tertiary/aromatic N) is 1. The van der Waals surface area contributed by atoms with Crippen molar-refractivity contribution in [3.8, 4) is 0 Å². The third-order valence-electron chi connectivity index (χ3n) is 6.08. The number of fused-ring (bicyclic) bond motifs is 1. The van der Waals surface area contributed by atoms with Gasteiger partial charge in [0.2, 0.25) is 0 Å². The van der Waals surface area contributed by atoms with Crippen molar-refractivity contribution in [1.82, 2.24) is 5.32 Å². The molecule has 1 N–H and O–H groups in total. The number of benzene rings is 1. The fraction of sp³-hybridized carbons (Fsp3) is 0.684. The van der Waals surface area contributed by atoms with E-state index in [2.05, 4.69) is 10.2 Å². The summed E-state index contributed by atoms with van der Waals surface area (Å²) >= 11 is 0. The number of methoxy groups -OCH3 is 1. The van der Waals surface area contributed by atoms with Crippen LogP contribution in [0, 0.1) is 23.5 Å². The van der Waals surface area contributed by atoms with Crippen LogP contribution in [0.3, 0.4) is 0 Å². The molecule has 3 aliphatic rings. The SMILES string of the molecule is COC[C@@H]1[C@@H](NC2CCN(c3ccc(F)c(F)c3)CC2)[C@@H]2CCO[C@H]12. The highest BCUT2D eigenvalue weighted by atomic mass is 19.2. The third kappa shape index (κ3) is 3.27. The van der Waals surface area contributed by atoms with Crippen LogP contribution in [0.5, 0.6) is 0 Å². The van der Waals surface area contributed by atoms with E-state index in [1.165, 1.54) is 12.1 Å². The van der Waals surface area contributed by atoms with Crippen molar-refractivity contribution in [3.63, 3.8) is 0 Å².